The Bertz CT molecular complexity index is 720. The maximum Gasteiger partial charge on any atom is 0.330 e. The number of aromatic amines is 1. The highest BCUT2D eigenvalue weighted by molar-refractivity contribution is 5.95. The number of imidazole rings is 1. The molecule has 0 saturated carbocycles. The lowest BCUT2D eigenvalue weighted by molar-refractivity contribution is -0.121. The molecular weight excluding hydrogens is 282 g/mol. The molecule has 1 saturated heterocycles. The molecule has 1 aromatic heterocycles. The van der Waals surface area contributed by atoms with Crippen molar-refractivity contribution in [2.75, 3.05) is 32.0 Å². The number of nitrogens with zero attached hydrogens (tertiary/aromatic N) is 2. The molecule has 0 bridgehead atoms. The number of rotatable bonds is 3. The summed E-state index contributed by atoms with van der Waals surface area (Å²) >= 11 is 0. The Hall–Kier alpha value is -2.38. The van der Waals surface area contributed by atoms with E-state index >= 15 is 0 Å². The van der Waals surface area contributed by atoms with Crippen molar-refractivity contribution in [3.8, 4) is 5.69 Å². The minimum absolute atomic E-state index is 0.0479. The van der Waals surface area contributed by atoms with Gasteiger partial charge in [-0.15, -0.1) is 0 Å². The molecule has 0 spiro atoms. The number of H-pyrrole nitrogens is 1. The first-order valence-electron chi connectivity index (χ1n) is 7.23. The predicted octanol–water partition coefficient (Wildman–Crippen LogP) is 0.00770. The Kier molecular flexibility index (Phi) is 4.08. The largest absolute Gasteiger partial charge is 0.330 e. The molecule has 3 rings (SSSR count). The Balaban J connectivity index is 1.77. The van der Waals surface area contributed by atoms with Gasteiger partial charge in [-0.3, -0.25) is 14.3 Å². The van der Waals surface area contributed by atoms with Crippen LogP contribution in [0.1, 0.15) is 0 Å². The first-order valence-corrected chi connectivity index (χ1v) is 7.23. The van der Waals surface area contributed by atoms with Gasteiger partial charge in [0.15, 0.2) is 0 Å². The first kappa shape index (κ1) is 14.6. The van der Waals surface area contributed by atoms with E-state index in [0.29, 0.717) is 17.9 Å². The van der Waals surface area contributed by atoms with Crippen LogP contribution >= 0.6 is 0 Å². The summed E-state index contributed by atoms with van der Waals surface area (Å²) in [5.41, 5.74) is 1.17. The zero-order valence-electron chi connectivity index (χ0n) is 12.4. The van der Waals surface area contributed by atoms with Gasteiger partial charge < -0.3 is 15.6 Å². The normalized spacial score (nSPS) is 19.0. The van der Waals surface area contributed by atoms with Crippen molar-refractivity contribution < 1.29 is 4.79 Å². The molecule has 1 fully saturated rings. The third-order valence-electron chi connectivity index (χ3n) is 3.85. The van der Waals surface area contributed by atoms with Crippen LogP contribution in [0, 0.1) is 0 Å². The van der Waals surface area contributed by atoms with Gasteiger partial charge in [0.25, 0.3) is 0 Å². The van der Waals surface area contributed by atoms with E-state index in [9.17, 15) is 9.59 Å². The van der Waals surface area contributed by atoms with Gasteiger partial charge in [-0.05, 0) is 25.2 Å². The van der Waals surface area contributed by atoms with Gasteiger partial charge in [0.1, 0.15) is 6.04 Å². The van der Waals surface area contributed by atoms with Gasteiger partial charge in [-0.2, -0.15) is 0 Å². The van der Waals surface area contributed by atoms with Crippen LogP contribution in [-0.4, -0.2) is 53.1 Å². The van der Waals surface area contributed by atoms with Crippen molar-refractivity contribution in [2.24, 2.45) is 0 Å². The number of piperazine rings is 1. The van der Waals surface area contributed by atoms with Crippen molar-refractivity contribution in [2.45, 2.75) is 6.04 Å². The second-order valence-corrected chi connectivity index (χ2v) is 5.38. The summed E-state index contributed by atoms with van der Waals surface area (Å²) in [4.78, 5) is 28.6. The summed E-state index contributed by atoms with van der Waals surface area (Å²) in [6.07, 6.45) is 3.23. The molecule has 1 aromatic carbocycles. The predicted molar refractivity (Wildman–Crippen MR) is 84.3 cm³/mol. The fourth-order valence-corrected chi connectivity index (χ4v) is 2.58. The smallest absolute Gasteiger partial charge is 0.325 e. The monoisotopic (exact) mass is 301 g/mol. The van der Waals surface area contributed by atoms with Crippen LogP contribution in [0.2, 0.25) is 0 Å². The number of amides is 1. The summed E-state index contributed by atoms with van der Waals surface area (Å²) in [6.45, 7) is 2.38. The zero-order chi connectivity index (χ0) is 15.5. The van der Waals surface area contributed by atoms with E-state index in [2.05, 4.69) is 15.6 Å². The van der Waals surface area contributed by atoms with Crippen LogP contribution in [-0.2, 0) is 4.79 Å². The fraction of sp³-hybridized carbons (Fsp3) is 0.333. The molecule has 0 aliphatic carbocycles. The molecule has 1 unspecified atom stereocenters. The molecular formula is C15H19N5O2. The number of benzene rings is 1. The number of aromatic nitrogens is 2. The summed E-state index contributed by atoms with van der Waals surface area (Å²) in [6, 6.07) is 7.04. The first-order chi connectivity index (χ1) is 10.6. The topological polar surface area (TPSA) is 82.2 Å². The van der Waals surface area contributed by atoms with E-state index in [1.807, 2.05) is 30.1 Å². The molecule has 22 heavy (non-hydrogen) atoms. The maximum absolute atomic E-state index is 12.4. The van der Waals surface area contributed by atoms with Gasteiger partial charge in [-0.1, -0.05) is 6.07 Å². The van der Waals surface area contributed by atoms with Crippen molar-refractivity contribution >= 4 is 11.6 Å². The molecule has 116 valence electrons. The summed E-state index contributed by atoms with van der Waals surface area (Å²) < 4.78 is 1.49. The van der Waals surface area contributed by atoms with Gasteiger partial charge in [0, 0.05) is 37.7 Å². The summed E-state index contributed by atoms with van der Waals surface area (Å²) in [5.74, 6) is -0.0479. The van der Waals surface area contributed by atoms with Gasteiger partial charge >= 0.3 is 5.69 Å². The average Bonchev–Trinajstić information content (AvgIpc) is 2.94. The highest BCUT2D eigenvalue weighted by Gasteiger charge is 2.25. The van der Waals surface area contributed by atoms with Gasteiger partial charge in [0.2, 0.25) is 5.91 Å². The summed E-state index contributed by atoms with van der Waals surface area (Å²) in [7, 11) is 1.95. The van der Waals surface area contributed by atoms with Crippen LogP contribution < -0.4 is 16.3 Å². The van der Waals surface area contributed by atoms with Crippen LogP contribution in [0.15, 0.2) is 41.5 Å². The minimum Gasteiger partial charge on any atom is -0.325 e. The number of hydrogen-bond acceptors (Lipinski definition) is 4. The second-order valence-electron chi connectivity index (χ2n) is 5.38. The maximum atomic E-state index is 12.4. The molecule has 1 atom stereocenters. The number of nitrogens with one attached hydrogen (secondary N) is 3. The molecule has 1 amide bonds. The van der Waals surface area contributed by atoms with Crippen LogP contribution in [0.5, 0.6) is 0 Å². The van der Waals surface area contributed by atoms with Gasteiger partial charge in [0.05, 0.1) is 5.69 Å². The van der Waals surface area contributed by atoms with Crippen LogP contribution in [0.3, 0.4) is 0 Å². The highest BCUT2D eigenvalue weighted by atomic mass is 16.2. The van der Waals surface area contributed by atoms with Gasteiger partial charge in [-0.25, -0.2) is 4.79 Å². The van der Waals surface area contributed by atoms with Crippen LogP contribution in [0.4, 0.5) is 5.69 Å². The second kappa shape index (κ2) is 6.17. The molecule has 7 nitrogen and oxygen atoms in total. The summed E-state index contributed by atoms with van der Waals surface area (Å²) in [5, 5.41) is 6.14. The Morgan fingerprint density at radius 3 is 3.00 bits per heavy atom. The van der Waals surface area contributed by atoms with E-state index in [-0.39, 0.29) is 17.6 Å². The minimum atomic E-state index is -0.209. The number of likely N-dealkylation sites (N-methyl/N-ethyl adjacent to an activating group) is 1. The Morgan fingerprint density at radius 1 is 1.41 bits per heavy atom. The Morgan fingerprint density at radius 2 is 2.27 bits per heavy atom. The molecule has 3 N–H and O–H groups in total. The third kappa shape index (κ3) is 2.95. The molecule has 0 radical (unpaired) electrons. The lowest BCUT2D eigenvalue weighted by Crippen LogP contribution is -2.54. The molecule has 2 aromatic rings. The van der Waals surface area contributed by atoms with E-state index in [1.54, 1.807) is 18.5 Å². The van der Waals surface area contributed by atoms with E-state index in [4.69, 9.17) is 0 Å². The molecule has 2 heterocycles. The number of anilines is 1. The van der Waals surface area contributed by atoms with E-state index in [1.165, 1.54) is 4.57 Å². The average molecular weight is 301 g/mol. The lowest BCUT2D eigenvalue weighted by Gasteiger charge is -2.31. The fourth-order valence-electron chi connectivity index (χ4n) is 2.58. The van der Waals surface area contributed by atoms with Crippen molar-refractivity contribution in [1.82, 2.24) is 19.8 Å². The molecule has 1 aliphatic heterocycles. The van der Waals surface area contributed by atoms with Crippen LogP contribution in [0.25, 0.3) is 5.69 Å². The molecule has 1 aliphatic rings. The quantitative estimate of drug-likeness (QED) is 0.746. The van der Waals surface area contributed by atoms with Crippen molar-refractivity contribution in [3.05, 3.63) is 47.1 Å². The lowest BCUT2D eigenvalue weighted by atomic mass is 10.2. The van der Waals surface area contributed by atoms with Crippen molar-refractivity contribution in [3.63, 3.8) is 0 Å². The number of carbonyl (C=O) groups is 1. The zero-order valence-corrected chi connectivity index (χ0v) is 12.4. The number of hydrogen-bond donors (Lipinski definition) is 3. The highest BCUT2D eigenvalue weighted by Crippen LogP contribution is 2.14. The third-order valence-corrected chi connectivity index (χ3v) is 3.85. The van der Waals surface area contributed by atoms with Crippen molar-refractivity contribution in [1.29, 1.82) is 0 Å². The van der Waals surface area contributed by atoms with E-state index in [0.717, 1.165) is 13.1 Å². The SMILES string of the molecule is CN1CCNCC1C(=O)Nc1cccc(-n2cc[nH]c2=O)c1. The molecule has 7 heteroatoms. The Labute approximate surface area is 127 Å². The van der Waals surface area contributed by atoms with E-state index < -0.39 is 0 Å². The standard InChI is InChI=1S/C15H19N5O2/c1-19-7-5-16-10-13(19)14(21)18-11-3-2-4-12(9-11)20-8-6-17-15(20)22/h2-4,6,8-9,13,16H,5,7,10H2,1H3,(H,17,22)(H,18,21). The number of carbonyl (C=O) groups excluding carboxylic acids is 1.